The molecule has 0 aliphatic carbocycles. The summed E-state index contributed by atoms with van der Waals surface area (Å²) in [5.41, 5.74) is 2.17. The predicted octanol–water partition coefficient (Wildman–Crippen LogP) is 2.19. The maximum Gasteiger partial charge on any atom is 0.252 e. The van der Waals surface area contributed by atoms with Gasteiger partial charge in [-0.3, -0.25) is 14.7 Å². The molecule has 2 N–H and O–H groups in total. The normalized spacial score (nSPS) is 18.8. The van der Waals surface area contributed by atoms with Gasteiger partial charge in [0.2, 0.25) is 5.95 Å². The van der Waals surface area contributed by atoms with Gasteiger partial charge < -0.3 is 10.2 Å². The van der Waals surface area contributed by atoms with E-state index in [-0.39, 0.29) is 5.56 Å². The quantitative estimate of drug-likeness (QED) is 0.842. The van der Waals surface area contributed by atoms with Crippen LogP contribution >= 0.6 is 0 Å². The lowest BCUT2D eigenvalue weighted by Crippen LogP contribution is -2.33. The minimum Gasteiger partial charge on any atom is -0.373 e. The van der Waals surface area contributed by atoms with Gasteiger partial charge >= 0.3 is 0 Å². The zero-order valence-corrected chi connectivity index (χ0v) is 15.9. The van der Waals surface area contributed by atoms with Crippen LogP contribution in [0.1, 0.15) is 42.9 Å². The van der Waals surface area contributed by atoms with Crippen molar-refractivity contribution in [3.05, 3.63) is 46.0 Å². The van der Waals surface area contributed by atoms with Gasteiger partial charge in [0.05, 0.1) is 5.69 Å². The van der Waals surface area contributed by atoms with E-state index in [1.165, 1.54) is 18.4 Å². The molecular formula is C20H28N6O. The molecule has 7 heteroatoms. The van der Waals surface area contributed by atoms with Crippen LogP contribution in [0.15, 0.2) is 29.2 Å². The summed E-state index contributed by atoms with van der Waals surface area (Å²) in [6.07, 6.45) is 6.38. The number of H-pyrrole nitrogens is 1. The van der Waals surface area contributed by atoms with E-state index in [0.29, 0.717) is 5.92 Å². The number of anilines is 2. The van der Waals surface area contributed by atoms with E-state index in [0.717, 1.165) is 63.0 Å². The fourth-order valence-corrected chi connectivity index (χ4v) is 4.06. The van der Waals surface area contributed by atoms with Gasteiger partial charge in [-0.2, -0.15) is 0 Å². The maximum atomic E-state index is 12.1. The van der Waals surface area contributed by atoms with Crippen LogP contribution in [0.4, 0.5) is 11.8 Å². The predicted molar refractivity (Wildman–Crippen MR) is 107 cm³/mol. The van der Waals surface area contributed by atoms with Gasteiger partial charge in [0, 0.05) is 44.9 Å². The molecular weight excluding hydrogens is 340 g/mol. The lowest BCUT2D eigenvalue weighted by atomic mass is 9.93. The standard InChI is InChI=1S/C20H28N6O/c1-21-18-5-4-15(13-22-18)14-25-10-6-16(7-11-25)17-12-19(27)24-20(23-17)26-8-2-3-9-26/h4-5,12-13,16H,2-3,6-11,14H2,1H3,(H,21,22)(H,23,24,27). The summed E-state index contributed by atoms with van der Waals surface area (Å²) in [5.74, 6) is 2.02. The van der Waals surface area contributed by atoms with E-state index in [1.807, 2.05) is 19.3 Å². The number of likely N-dealkylation sites (tertiary alicyclic amines) is 1. The molecule has 0 saturated carbocycles. The number of nitrogens with zero attached hydrogens (tertiary/aromatic N) is 4. The Kier molecular flexibility index (Phi) is 5.38. The Bertz CT molecular complexity index is 804. The van der Waals surface area contributed by atoms with E-state index in [1.54, 1.807) is 6.07 Å². The fourth-order valence-electron chi connectivity index (χ4n) is 4.06. The van der Waals surface area contributed by atoms with Crippen LogP contribution in [-0.4, -0.2) is 53.1 Å². The van der Waals surface area contributed by atoms with Crippen LogP contribution in [0.25, 0.3) is 0 Å². The number of hydrogen-bond acceptors (Lipinski definition) is 6. The Morgan fingerprint density at radius 3 is 2.63 bits per heavy atom. The molecule has 4 rings (SSSR count). The molecule has 144 valence electrons. The van der Waals surface area contributed by atoms with Crippen LogP contribution in [0.3, 0.4) is 0 Å². The van der Waals surface area contributed by atoms with Crippen molar-refractivity contribution in [2.24, 2.45) is 0 Å². The van der Waals surface area contributed by atoms with E-state index in [4.69, 9.17) is 4.98 Å². The summed E-state index contributed by atoms with van der Waals surface area (Å²) in [6, 6.07) is 5.84. The maximum absolute atomic E-state index is 12.1. The van der Waals surface area contributed by atoms with Gasteiger partial charge in [0.15, 0.2) is 0 Å². The number of hydrogen-bond donors (Lipinski definition) is 2. The van der Waals surface area contributed by atoms with Crippen molar-refractivity contribution in [1.29, 1.82) is 0 Å². The Morgan fingerprint density at radius 1 is 1.19 bits per heavy atom. The van der Waals surface area contributed by atoms with Crippen LogP contribution in [0, 0.1) is 0 Å². The second kappa shape index (κ2) is 8.08. The third-order valence-electron chi connectivity index (χ3n) is 5.65. The summed E-state index contributed by atoms with van der Waals surface area (Å²) in [6.45, 7) is 4.94. The van der Waals surface area contributed by atoms with Crippen molar-refractivity contribution in [2.45, 2.75) is 38.1 Å². The molecule has 2 aliphatic heterocycles. The molecule has 2 aromatic rings. The molecule has 0 atom stereocenters. The summed E-state index contributed by atoms with van der Waals surface area (Å²) in [7, 11) is 1.88. The summed E-state index contributed by atoms with van der Waals surface area (Å²) >= 11 is 0. The number of pyridine rings is 1. The molecule has 2 aromatic heterocycles. The Hall–Kier alpha value is -2.41. The van der Waals surface area contributed by atoms with Crippen molar-refractivity contribution in [1.82, 2.24) is 19.9 Å². The molecule has 0 radical (unpaired) electrons. The lowest BCUT2D eigenvalue weighted by molar-refractivity contribution is 0.203. The first-order valence-electron chi connectivity index (χ1n) is 9.92. The number of aromatic nitrogens is 3. The molecule has 4 heterocycles. The highest BCUT2D eigenvalue weighted by Gasteiger charge is 2.24. The Morgan fingerprint density at radius 2 is 1.96 bits per heavy atom. The van der Waals surface area contributed by atoms with E-state index >= 15 is 0 Å². The Labute approximate surface area is 159 Å². The van der Waals surface area contributed by atoms with Crippen molar-refractivity contribution in [3.63, 3.8) is 0 Å². The van der Waals surface area contributed by atoms with Gasteiger partial charge in [-0.25, -0.2) is 9.97 Å². The number of piperidine rings is 1. The highest BCUT2D eigenvalue weighted by Crippen LogP contribution is 2.28. The number of aromatic amines is 1. The third kappa shape index (κ3) is 4.30. The van der Waals surface area contributed by atoms with E-state index in [9.17, 15) is 4.79 Å². The first-order valence-corrected chi connectivity index (χ1v) is 9.92. The van der Waals surface area contributed by atoms with Crippen LogP contribution < -0.4 is 15.8 Å². The highest BCUT2D eigenvalue weighted by atomic mass is 16.1. The largest absolute Gasteiger partial charge is 0.373 e. The average Bonchev–Trinajstić information content (AvgIpc) is 3.24. The summed E-state index contributed by atoms with van der Waals surface area (Å²) in [5, 5.41) is 3.05. The Balaban J connectivity index is 1.38. The smallest absolute Gasteiger partial charge is 0.252 e. The van der Waals surface area contributed by atoms with Gasteiger partial charge in [-0.1, -0.05) is 6.07 Å². The molecule has 7 nitrogen and oxygen atoms in total. The number of rotatable bonds is 5. The molecule has 2 aliphatic rings. The molecule has 0 unspecified atom stereocenters. The minimum absolute atomic E-state index is 0.0278. The summed E-state index contributed by atoms with van der Waals surface area (Å²) in [4.78, 5) is 28.9. The third-order valence-corrected chi connectivity index (χ3v) is 5.65. The second-order valence-corrected chi connectivity index (χ2v) is 7.54. The number of nitrogens with one attached hydrogen (secondary N) is 2. The van der Waals surface area contributed by atoms with E-state index < -0.39 is 0 Å². The fraction of sp³-hybridized carbons (Fsp3) is 0.550. The van der Waals surface area contributed by atoms with Gasteiger partial charge in [-0.05, 0) is 50.4 Å². The van der Waals surface area contributed by atoms with Crippen LogP contribution in [-0.2, 0) is 6.54 Å². The zero-order chi connectivity index (χ0) is 18.6. The first-order chi connectivity index (χ1) is 13.2. The van der Waals surface area contributed by atoms with Gasteiger partial charge in [0.25, 0.3) is 5.56 Å². The molecule has 0 bridgehead atoms. The molecule has 2 fully saturated rings. The molecule has 27 heavy (non-hydrogen) atoms. The first kappa shape index (κ1) is 18.0. The summed E-state index contributed by atoms with van der Waals surface area (Å²) < 4.78 is 0. The SMILES string of the molecule is CNc1ccc(CN2CCC(c3cc(=O)[nH]c(N4CCCC4)n3)CC2)cn1. The monoisotopic (exact) mass is 368 g/mol. The lowest BCUT2D eigenvalue weighted by Gasteiger charge is -2.31. The molecule has 0 aromatic carbocycles. The zero-order valence-electron chi connectivity index (χ0n) is 15.9. The van der Waals surface area contributed by atoms with Crippen LogP contribution in [0.5, 0.6) is 0 Å². The van der Waals surface area contributed by atoms with Crippen molar-refractivity contribution in [3.8, 4) is 0 Å². The molecule has 0 spiro atoms. The molecule has 2 saturated heterocycles. The minimum atomic E-state index is -0.0278. The molecule has 0 amide bonds. The van der Waals surface area contributed by atoms with Crippen molar-refractivity contribution >= 4 is 11.8 Å². The van der Waals surface area contributed by atoms with Crippen molar-refractivity contribution < 1.29 is 0 Å². The van der Waals surface area contributed by atoms with Crippen LogP contribution in [0.2, 0.25) is 0 Å². The van der Waals surface area contributed by atoms with Crippen molar-refractivity contribution in [2.75, 3.05) is 43.4 Å². The second-order valence-electron chi connectivity index (χ2n) is 7.54. The topological polar surface area (TPSA) is 77.2 Å². The van der Waals surface area contributed by atoms with Gasteiger partial charge in [0.1, 0.15) is 5.82 Å². The van der Waals surface area contributed by atoms with E-state index in [2.05, 4.69) is 31.2 Å². The highest BCUT2D eigenvalue weighted by molar-refractivity contribution is 5.34. The average molecular weight is 368 g/mol. The van der Waals surface area contributed by atoms with Gasteiger partial charge in [-0.15, -0.1) is 0 Å².